The summed E-state index contributed by atoms with van der Waals surface area (Å²) >= 11 is 0. The van der Waals surface area contributed by atoms with Gasteiger partial charge >= 0.3 is 5.97 Å². The quantitative estimate of drug-likeness (QED) is 0.194. The molecule has 0 aromatic carbocycles. The molecule has 0 rings (SSSR count). The Labute approximate surface area is 185 Å². The first-order valence-electron chi connectivity index (χ1n) is 11.0. The lowest BCUT2D eigenvalue weighted by Crippen LogP contribution is -2.58. The molecule has 0 saturated heterocycles. The van der Waals surface area contributed by atoms with E-state index in [9.17, 15) is 19.2 Å². The second-order valence-electron chi connectivity index (χ2n) is 8.52. The van der Waals surface area contributed by atoms with Gasteiger partial charge < -0.3 is 32.5 Å². The number of aliphatic carboxylic acids is 1. The number of nitrogens with two attached hydrogens (primary N) is 2. The Kier molecular flexibility index (Phi) is 13.7. The normalized spacial score (nSPS) is 16.0. The van der Waals surface area contributed by atoms with E-state index in [4.69, 9.17) is 16.6 Å². The number of carboxylic acid groups (broad SMARTS) is 1. The molecule has 0 aliphatic carbocycles. The number of hydrogen-bond donors (Lipinski definition) is 6. The molecular weight excluding hydrogens is 402 g/mol. The summed E-state index contributed by atoms with van der Waals surface area (Å²) in [4.78, 5) is 49.1. The van der Waals surface area contributed by atoms with Gasteiger partial charge in [-0.1, -0.05) is 40.5 Å². The summed E-state index contributed by atoms with van der Waals surface area (Å²) in [5.41, 5.74) is 11.4. The lowest BCUT2D eigenvalue weighted by molar-refractivity contribution is -0.142. The molecule has 0 bridgehead atoms. The SMILES string of the molecule is CCC(C)C(NC(=O)C(CC(C)C)NC(=O)C(N)CCCCN)C(=O)NC(C)C(=O)O. The van der Waals surface area contributed by atoms with E-state index in [1.54, 1.807) is 6.92 Å². The van der Waals surface area contributed by atoms with E-state index in [-0.39, 0.29) is 11.8 Å². The smallest absolute Gasteiger partial charge is 0.325 e. The largest absolute Gasteiger partial charge is 0.480 e. The number of amides is 3. The molecule has 5 atom stereocenters. The highest BCUT2D eigenvalue weighted by Gasteiger charge is 2.32. The molecule has 10 nitrogen and oxygen atoms in total. The van der Waals surface area contributed by atoms with Crippen LogP contribution in [0.4, 0.5) is 0 Å². The molecule has 0 radical (unpaired) electrons. The third kappa shape index (κ3) is 11.1. The van der Waals surface area contributed by atoms with Crippen LogP contribution in [0.2, 0.25) is 0 Å². The van der Waals surface area contributed by atoms with Crippen molar-refractivity contribution in [2.75, 3.05) is 6.54 Å². The Morgan fingerprint density at radius 2 is 1.52 bits per heavy atom. The van der Waals surface area contributed by atoms with Crippen LogP contribution >= 0.6 is 0 Å². The third-order valence-corrected chi connectivity index (χ3v) is 5.17. The van der Waals surface area contributed by atoms with E-state index in [2.05, 4.69) is 16.0 Å². The van der Waals surface area contributed by atoms with Crippen molar-refractivity contribution in [3.63, 3.8) is 0 Å². The summed E-state index contributed by atoms with van der Waals surface area (Å²) in [6.45, 7) is 9.36. The van der Waals surface area contributed by atoms with Gasteiger partial charge in [-0.05, 0) is 44.6 Å². The number of carbonyl (C=O) groups excluding carboxylic acids is 3. The molecular formula is C21H41N5O5. The van der Waals surface area contributed by atoms with Crippen molar-refractivity contribution in [2.24, 2.45) is 23.3 Å². The maximum Gasteiger partial charge on any atom is 0.325 e. The molecule has 10 heteroatoms. The van der Waals surface area contributed by atoms with Gasteiger partial charge in [-0.25, -0.2) is 0 Å². The van der Waals surface area contributed by atoms with Gasteiger partial charge in [0.1, 0.15) is 18.1 Å². The summed E-state index contributed by atoms with van der Waals surface area (Å²) < 4.78 is 0. The summed E-state index contributed by atoms with van der Waals surface area (Å²) in [5.74, 6) is -2.81. The summed E-state index contributed by atoms with van der Waals surface area (Å²) in [7, 11) is 0. The molecule has 3 amide bonds. The van der Waals surface area contributed by atoms with Gasteiger partial charge in [-0.15, -0.1) is 0 Å². The maximum absolute atomic E-state index is 13.0. The Morgan fingerprint density at radius 3 is 2.00 bits per heavy atom. The number of rotatable bonds is 15. The highest BCUT2D eigenvalue weighted by Crippen LogP contribution is 2.11. The molecule has 0 heterocycles. The molecule has 8 N–H and O–H groups in total. The Balaban J connectivity index is 5.31. The molecule has 0 aliphatic rings. The minimum absolute atomic E-state index is 0.104. The van der Waals surface area contributed by atoms with Crippen molar-refractivity contribution in [3.8, 4) is 0 Å². The van der Waals surface area contributed by atoms with Crippen LogP contribution in [0.3, 0.4) is 0 Å². The average Bonchev–Trinajstić information content (AvgIpc) is 2.69. The number of hydrogen-bond acceptors (Lipinski definition) is 6. The number of unbranched alkanes of at least 4 members (excludes halogenated alkanes) is 1. The first-order chi connectivity index (χ1) is 14.4. The molecule has 31 heavy (non-hydrogen) atoms. The maximum atomic E-state index is 13.0. The second kappa shape index (κ2) is 14.7. The van der Waals surface area contributed by atoms with Crippen LogP contribution in [0.15, 0.2) is 0 Å². The predicted molar refractivity (Wildman–Crippen MR) is 119 cm³/mol. The van der Waals surface area contributed by atoms with Crippen LogP contribution in [0, 0.1) is 11.8 Å². The molecule has 0 aliphatic heterocycles. The fourth-order valence-corrected chi connectivity index (χ4v) is 2.94. The minimum atomic E-state index is -1.17. The van der Waals surface area contributed by atoms with E-state index in [0.717, 1.165) is 6.42 Å². The zero-order chi connectivity index (χ0) is 24.1. The Hall–Kier alpha value is -2.20. The zero-order valence-electron chi connectivity index (χ0n) is 19.4. The van der Waals surface area contributed by atoms with Gasteiger partial charge in [0.2, 0.25) is 17.7 Å². The van der Waals surface area contributed by atoms with Crippen molar-refractivity contribution in [1.29, 1.82) is 0 Å². The molecule has 0 saturated carbocycles. The summed E-state index contributed by atoms with van der Waals surface area (Å²) in [6.07, 6.45) is 2.89. The van der Waals surface area contributed by atoms with Gasteiger partial charge in [-0.3, -0.25) is 19.2 Å². The zero-order valence-corrected chi connectivity index (χ0v) is 19.4. The lowest BCUT2D eigenvalue weighted by Gasteiger charge is -2.28. The monoisotopic (exact) mass is 443 g/mol. The van der Waals surface area contributed by atoms with Crippen molar-refractivity contribution in [1.82, 2.24) is 16.0 Å². The number of carbonyl (C=O) groups is 4. The molecule has 0 aromatic rings. The Bertz CT molecular complexity index is 599. The van der Waals surface area contributed by atoms with Crippen LogP contribution in [-0.2, 0) is 19.2 Å². The van der Waals surface area contributed by atoms with Gasteiger partial charge in [0, 0.05) is 0 Å². The van der Waals surface area contributed by atoms with Crippen LogP contribution in [0.5, 0.6) is 0 Å². The number of nitrogens with one attached hydrogen (secondary N) is 3. The van der Waals surface area contributed by atoms with Gasteiger partial charge in [-0.2, -0.15) is 0 Å². The topological polar surface area (TPSA) is 177 Å². The standard InChI is InChI=1S/C21H41N5O5/c1-6-13(4)17(20(29)24-14(5)21(30)31)26-19(28)16(11-12(2)3)25-18(27)15(23)9-7-8-10-22/h12-17H,6-11,22-23H2,1-5H3,(H,24,29)(H,25,27)(H,26,28)(H,30,31). The second-order valence-corrected chi connectivity index (χ2v) is 8.52. The minimum Gasteiger partial charge on any atom is -0.480 e. The fourth-order valence-electron chi connectivity index (χ4n) is 2.94. The molecule has 0 fully saturated rings. The van der Waals surface area contributed by atoms with Crippen molar-refractivity contribution in [2.45, 2.75) is 90.9 Å². The predicted octanol–water partition coefficient (Wildman–Crippen LogP) is 0.0938. The van der Waals surface area contributed by atoms with E-state index in [1.165, 1.54) is 6.92 Å². The van der Waals surface area contributed by atoms with E-state index in [1.807, 2.05) is 20.8 Å². The molecule has 5 unspecified atom stereocenters. The van der Waals surface area contributed by atoms with Crippen LogP contribution in [0.1, 0.15) is 66.7 Å². The Morgan fingerprint density at radius 1 is 0.903 bits per heavy atom. The third-order valence-electron chi connectivity index (χ3n) is 5.17. The van der Waals surface area contributed by atoms with Crippen LogP contribution in [0.25, 0.3) is 0 Å². The van der Waals surface area contributed by atoms with Gasteiger partial charge in [0.25, 0.3) is 0 Å². The van der Waals surface area contributed by atoms with Crippen molar-refractivity contribution in [3.05, 3.63) is 0 Å². The summed E-state index contributed by atoms with van der Waals surface area (Å²) in [5, 5.41) is 16.8. The fraction of sp³-hybridized carbons (Fsp3) is 0.810. The first kappa shape index (κ1) is 28.8. The molecule has 180 valence electrons. The highest BCUT2D eigenvalue weighted by atomic mass is 16.4. The van der Waals surface area contributed by atoms with Crippen molar-refractivity contribution >= 4 is 23.7 Å². The van der Waals surface area contributed by atoms with E-state index in [0.29, 0.717) is 32.2 Å². The average molecular weight is 444 g/mol. The molecule has 0 aromatic heterocycles. The van der Waals surface area contributed by atoms with Crippen LogP contribution < -0.4 is 27.4 Å². The van der Waals surface area contributed by atoms with E-state index >= 15 is 0 Å². The summed E-state index contributed by atoms with van der Waals surface area (Å²) in [6, 6.07) is -3.62. The highest BCUT2D eigenvalue weighted by molar-refractivity contribution is 5.94. The molecule has 0 spiro atoms. The lowest BCUT2D eigenvalue weighted by atomic mass is 9.96. The van der Waals surface area contributed by atoms with Crippen molar-refractivity contribution < 1.29 is 24.3 Å². The van der Waals surface area contributed by atoms with Gasteiger partial charge in [0.05, 0.1) is 6.04 Å². The first-order valence-corrected chi connectivity index (χ1v) is 11.0. The van der Waals surface area contributed by atoms with E-state index < -0.39 is 47.9 Å². The number of carboxylic acids is 1. The van der Waals surface area contributed by atoms with Gasteiger partial charge in [0.15, 0.2) is 0 Å². The van der Waals surface area contributed by atoms with Crippen LogP contribution in [-0.4, -0.2) is 59.5 Å².